The van der Waals surface area contributed by atoms with Crippen molar-refractivity contribution in [3.63, 3.8) is 0 Å². The number of hydrogen-bond donors (Lipinski definition) is 0. The smallest absolute Gasteiger partial charge is 0.263 e. The van der Waals surface area contributed by atoms with E-state index >= 15 is 0 Å². The first-order valence-corrected chi connectivity index (χ1v) is 8.96. The summed E-state index contributed by atoms with van der Waals surface area (Å²) in [6, 6.07) is 2.20. The Bertz CT molecular complexity index is 785. The molecule has 110 valence electrons. The third kappa shape index (κ3) is 2.49. The normalized spacial score (nSPS) is 15.1. The van der Waals surface area contributed by atoms with Crippen LogP contribution in [0.1, 0.15) is 37.1 Å². The molecule has 0 amide bonds. The number of aromatic nitrogens is 2. The highest BCUT2D eigenvalue weighted by Gasteiger charge is 2.23. The molecule has 0 N–H and O–H groups in total. The van der Waals surface area contributed by atoms with Crippen LogP contribution in [0.15, 0.2) is 9.95 Å². The molecule has 0 spiro atoms. The molecule has 21 heavy (non-hydrogen) atoms. The highest BCUT2D eigenvalue weighted by molar-refractivity contribution is 8.00. The molecule has 2 aromatic rings. The fourth-order valence-electron chi connectivity index (χ4n) is 2.75. The number of fused-ring (bicyclic) bond motifs is 3. The van der Waals surface area contributed by atoms with Gasteiger partial charge in [0.25, 0.3) is 5.56 Å². The summed E-state index contributed by atoms with van der Waals surface area (Å²) in [4.78, 5) is 19.7. The molecule has 1 unspecified atom stereocenters. The number of rotatable bonds is 4. The average Bonchev–Trinajstić information content (AvgIpc) is 3.03. The second-order valence-corrected chi connectivity index (χ2v) is 7.67. The Hall–Kier alpha value is -1.32. The summed E-state index contributed by atoms with van der Waals surface area (Å²) in [5.74, 6) is 0. The van der Waals surface area contributed by atoms with Crippen molar-refractivity contribution < 1.29 is 0 Å². The first-order chi connectivity index (χ1) is 10.2. The van der Waals surface area contributed by atoms with E-state index in [4.69, 9.17) is 10.2 Å². The van der Waals surface area contributed by atoms with Gasteiger partial charge in [0, 0.05) is 11.4 Å². The molecule has 0 saturated carbocycles. The number of aryl methyl sites for hydroxylation is 2. The van der Waals surface area contributed by atoms with Gasteiger partial charge in [-0.05, 0) is 38.2 Å². The van der Waals surface area contributed by atoms with Crippen LogP contribution in [0.2, 0.25) is 0 Å². The van der Waals surface area contributed by atoms with Crippen molar-refractivity contribution in [2.75, 3.05) is 0 Å². The Morgan fingerprint density at radius 1 is 1.52 bits per heavy atom. The van der Waals surface area contributed by atoms with Gasteiger partial charge in [0.05, 0.1) is 16.7 Å². The molecular formula is C15H17N3OS2. The van der Waals surface area contributed by atoms with E-state index in [9.17, 15) is 4.79 Å². The van der Waals surface area contributed by atoms with Gasteiger partial charge in [0.1, 0.15) is 4.83 Å². The van der Waals surface area contributed by atoms with Crippen LogP contribution < -0.4 is 5.56 Å². The van der Waals surface area contributed by atoms with E-state index in [1.807, 2.05) is 6.92 Å². The second kappa shape index (κ2) is 5.82. The van der Waals surface area contributed by atoms with Gasteiger partial charge in [-0.25, -0.2) is 4.98 Å². The predicted octanol–water partition coefficient (Wildman–Crippen LogP) is 3.36. The van der Waals surface area contributed by atoms with Crippen molar-refractivity contribution in [2.24, 2.45) is 0 Å². The molecule has 2 aromatic heterocycles. The molecule has 0 bridgehead atoms. The molecule has 4 nitrogen and oxygen atoms in total. The van der Waals surface area contributed by atoms with Crippen molar-refractivity contribution in [3.8, 4) is 6.07 Å². The summed E-state index contributed by atoms with van der Waals surface area (Å²) < 4.78 is 1.76. The maximum atomic E-state index is 12.9. The molecule has 0 saturated heterocycles. The molecular weight excluding hydrogens is 302 g/mol. The van der Waals surface area contributed by atoms with Crippen LogP contribution in [0.25, 0.3) is 10.2 Å². The predicted molar refractivity (Wildman–Crippen MR) is 87.1 cm³/mol. The summed E-state index contributed by atoms with van der Waals surface area (Å²) in [6.07, 6.45) is 4.10. The highest BCUT2D eigenvalue weighted by Crippen LogP contribution is 2.35. The molecule has 0 fully saturated rings. The van der Waals surface area contributed by atoms with E-state index in [1.54, 1.807) is 15.9 Å². The standard InChI is InChI=1S/C15H17N3OS2/c1-3-7-18-14(19)12-10-5-4-6-11(10)21-13(12)17-15(18)20-9(2)8-16/h9H,3-7H2,1-2H3. The van der Waals surface area contributed by atoms with E-state index < -0.39 is 0 Å². The average molecular weight is 319 g/mol. The molecule has 1 atom stereocenters. The van der Waals surface area contributed by atoms with E-state index in [0.29, 0.717) is 11.7 Å². The van der Waals surface area contributed by atoms with Crippen LogP contribution in [-0.2, 0) is 19.4 Å². The molecule has 1 aliphatic carbocycles. The number of nitrogens with zero attached hydrogens (tertiary/aromatic N) is 3. The van der Waals surface area contributed by atoms with Gasteiger partial charge < -0.3 is 0 Å². The van der Waals surface area contributed by atoms with Crippen LogP contribution >= 0.6 is 23.1 Å². The zero-order valence-corrected chi connectivity index (χ0v) is 13.8. The zero-order chi connectivity index (χ0) is 15.0. The molecule has 0 aromatic carbocycles. The van der Waals surface area contributed by atoms with Gasteiger partial charge in [0.2, 0.25) is 0 Å². The van der Waals surface area contributed by atoms with Crippen LogP contribution in [0.4, 0.5) is 0 Å². The quantitative estimate of drug-likeness (QED) is 0.640. The Balaban J connectivity index is 2.21. The highest BCUT2D eigenvalue weighted by atomic mass is 32.2. The third-order valence-electron chi connectivity index (χ3n) is 3.70. The summed E-state index contributed by atoms with van der Waals surface area (Å²) in [6.45, 7) is 4.55. The number of thioether (sulfide) groups is 1. The largest absolute Gasteiger partial charge is 0.287 e. The molecule has 0 radical (unpaired) electrons. The SMILES string of the molecule is CCCn1c(SC(C)C#N)nc2sc3c(c2c1=O)CCC3. The van der Waals surface area contributed by atoms with E-state index in [2.05, 4.69) is 13.0 Å². The number of nitriles is 1. The molecule has 1 aliphatic rings. The second-order valence-electron chi connectivity index (χ2n) is 5.28. The lowest BCUT2D eigenvalue weighted by Gasteiger charge is -2.12. The Kier molecular flexibility index (Phi) is 4.05. The van der Waals surface area contributed by atoms with Crippen molar-refractivity contribution >= 4 is 33.3 Å². The Morgan fingerprint density at radius 3 is 3.05 bits per heavy atom. The third-order valence-corrected chi connectivity index (χ3v) is 5.87. The molecule has 0 aliphatic heterocycles. The van der Waals surface area contributed by atoms with Crippen molar-refractivity contribution in [3.05, 3.63) is 20.8 Å². The number of thiophene rings is 1. The van der Waals surface area contributed by atoms with Crippen molar-refractivity contribution in [2.45, 2.75) is 56.5 Å². The minimum Gasteiger partial charge on any atom is -0.287 e. The lowest BCUT2D eigenvalue weighted by Crippen LogP contribution is -2.23. The fraction of sp³-hybridized carbons (Fsp3) is 0.533. The summed E-state index contributed by atoms with van der Waals surface area (Å²) in [5, 5.41) is 10.3. The van der Waals surface area contributed by atoms with Crippen LogP contribution in [0.5, 0.6) is 0 Å². The first-order valence-electron chi connectivity index (χ1n) is 7.27. The topological polar surface area (TPSA) is 58.7 Å². The van der Waals surface area contributed by atoms with Crippen LogP contribution in [0, 0.1) is 11.3 Å². The zero-order valence-electron chi connectivity index (χ0n) is 12.2. The number of hydrogen-bond acceptors (Lipinski definition) is 5. The van der Waals surface area contributed by atoms with E-state index in [-0.39, 0.29) is 10.8 Å². The Morgan fingerprint density at radius 2 is 2.33 bits per heavy atom. The van der Waals surface area contributed by atoms with Gasteiger partial charge in [-0.1, -0.05) is 18.7 Å². The lowest BCUT2D eigenvalue weighted by molar-refractivity contribution is 0.585. The maximum absolute atomic E-state index is 12.9. The fourth-order valence-corrected chi connectivity index (χ4v) is 4.88. The summed E-state index contributed by atoms with van der Waals surface area (Å²) in [5.41, 5.74) is 1.30. The van der Waals surface area contributed by atoms with Gasteiger partial charge in [-0.3, -0.25) is 9.36 Å². The minimum absolute atomic E-state index is 0.0777. The summed E-state index contributed by atoms with van der Waals surface area (Å²) >= 11 is 3.03. The molecule has 3 rings (SSSR count). The monoisotopic (exact) mass is 319 g/mol. The van der Waals surface area contributed by atoms with Gasteiger partial charge >= 0.3 is 0 Å². The van der Waals surface area contributed by atoms with Gasteiger partial charge in [-0.2, -0.15) is 5.26 Å². The Labute approximate surface area is 131 Å². The summed E-state index contributed by atoms with van der Waals surface area (Å²) in [7, 11) is 0. The van der Waals surface area contributed by atoms with Gasteiger partial charge in [-0.15, -0.1) is 11.3 Å². The van der Waals surface area contributed by atoms with Gasteiger partial charge in [0.15, 0.2) is 5.16 Å². The lowest BCUT2D eigenvalue weighted by atomic mass is 10.2. The first kappa shape index (κ1) is 14.6. The molecule has 2 heterocycles. The maximum Gasteiger partial charge on any atom is 0.263 e. The van der Waals surface area contributed by atoms with Crippen molar-refractivity contribution in [1.82, 2.24) is 9.55 Å². The minimum atomic E-state index is -0.204. The molecule has 6 heteroatoms. The van der Waals surface area contributed by atoms with E-state index in [0.717, 1.165) is 35.9 Å². The van der Waals surface area contributed by atoms with Crippen LogP contribution in [0.3, 0.4) is 0 Å². The van der Waals surface area contributed by atoms with Crippen molar-refractivity contribution in [1.29, 1.82) is 5.26 Å². The van der Waals surface area contributed by atoms with Crippen LogP contribution in [-0.4, -0.2) is 14.8 Å². The van der Waals surface area contributed by atoms with E-state index in [1.165, 1.54) is 22.2 Å².